The van der Waals surface area contributed by atoms with Gasteiger partial charge in [0.25, 0.3) is 0 Å². The average molecular weight is 281 g/mol. The molecule has 1 aromatic heterocycles. The minimum atomic E-state index is -1.26. The largest absolute Gasteiger partial charge is 0.305 e. The Kier molecular flexibility index (Phi) is 3.48. The van der Waals surface area contributed by atoms with Crippen molar-refractivity contribution in [2.45, 2.75) is 6.42 Å². The normalized spacial score (nSPS) is 10.2. The molecule has 2 rings (SSSR count). The SMILES string of the molecule is N#CCc1csc(-c2c(F)ccc([N+](=O)[O-])c2F)n1. The van der Waals surface area contributed by atoms with Crippen molar-refractivity contribution in [3.63, 3.8) is 0 Å². The highest BCUT2D eigenvalue weighted by Crippen LogP contribution is 2.33. The minimum absolute atomic E-state index is 0.00860. The van der Waals surface area contributed by atoms with Crippen LogP contribution in [0.3, 0.4) is 0 Å². The predicted molar refractivity (Wildman–Crippen MR) is 63.4 cm³/mol. The molecule has 5 nitrogen and oxygen atoms in total. The fourth-order valence-electron chi connectivity index (χ4n) is 1.46. The fourth-order valence-corrected chi connectivity index (χ4v) is 2.32. The summed E-state index contributed by atoms with van der Waals surface area (Å²) in [5.74, 6) is -2.19. The van der Waals surface area contributed by atoms with Gasteiger partial charge in [-0.1, -0.05) is 0 Å². The number of nitriles is 1. The van der Waals surface area contributed by atoms with E-state index in [0.717, 1.165) is 23.5 Å². The highest BCUT2D eigenvalue weighted by Gasteiger charge is 2.24. The minimum Gasteiger partial charge on any atom is -0.258 e. The maximum atomic E-state index is 13.9. The van der Waals surface area contributed by atoms with Crippen molar-refractivity contribution in [1.29, 1.82) is 5.26 Å². The van der Waals surface area contributed by atoms with Crippen LogP contribution >= 0.6 is 11.3 Å². The zero-order valence-corrected chi connectivity index (χ0v) is 10.1. The summed E-state index contributed by atoms with van der Waals surface area (Å²) in [6.07, 6.45) is 0.00860. The molecule has 8 heteroatoms. The molecule has 0 spiro atoms. The molecule has 1 heterocycles. The van der Waals surface area contributed by atoms with E-state index in [0.29, 0.717) is 5.69 Å². The van der Waals surface area contributed by atoms with Gasteiger partial charge in [0.2, 0.25) is 5.82 Å². The molecular formula is C11H5F2N3O2S. The second kappa shape index (κ2) is 5.07. The van der Waals surface area contributed by atoms with E-state index in [9.17, 15) is 18.9 Å². The van der Waals surface area contributed by atoms with Gasteiger partial charge in [0.15, 0.2) is 0 Å². The lowest BCUT2D eigenvalue weighted by atomic mass is 10.2. The number of nitrogens with zero attached hydrogens (tertiary/aromatic N) is 3. The average Bonchev–Trinajstić information content (AvgIpc) is 2.77. The lowest BCUT2D eigenvalue weighted by molar-refractivity contribution is -0.387. The van der Waals surface area contributed by atoms with Crippen LogP contribution in [0.2, 0.25) is 0 Å². The molecular weight excluding hydrogens is 276 g/mol. The van der Waals surface area contributed by atoms with E-state index in [1.807, 2.05) is 6.07 Å². The highest BCUT2D eigenvalue weighted by atomic mass is 32.1. The van der Waals surface area contributed by atoms with Crippen molar-refractivity contribution >= 4 is 17.0 Å². The molecule has 2 aromatic rings. The van der Waals surface area contributed by atoms with Gasteiger partial charge in [0.05, 0.1) is 28.7 Å². The number of rotatable bonds is 3. The Morgan fingerprint density at radius 1 is 1.47 bits per heavy atom. The zero-order valence-electron chi connectivity index (χ0n) is 9.26. The first-order chi connectivity index (χ1) is 9.04. The molecule has 0 saturated heterocycles. The Morgan fingerprint density at radius 2 is 2.21 bits per heavy atom. The molecule has 0 amide bonds. The molecule has 0 fully saturated rings. The number of aromatic nitrogens is 1. The Balaban J connectivity index is 2.57. The van der Waals surface area contributed by atoms with Gasteiger partial charge < -0.3 is 0 Å². The van der Waals surface area contributed by atoms with E-state index < -0.39 is 27.8 Å². The van der Waals surface area contributed by atoms with E-state index in [1.54, 1.807) is 0 Å². The van der Waals surface area contributed by atoms with Crippen molar-refractivity contribution in [3.8, 4) is 16.6 Å². The number of nitro benzene ring substituents is 1. The fraction of sp³-hybridized carbons (Fsp3) is 0.0909. The lowest BCUT2D eigenvalue weighted by Crippen LogP contribution is -1.97. The van der Waals surface area contributed by atoms with Gasteiger partial charge in [-0.3, -0.25) is 10.1 Å². The summed E-state index contributed by atoms with van der Waals surface area (Å²) in [5, 5.41) is 20.6. The molecule has 0 saturated carbocycles. The van der Waals surface area contributed by atoms with E-state index in [-0.39, 0.29) is 11.4 Å². The predicted octanol–water partition coefficient (Wildman–Crippen LogP) is 3.06. The first-order valence-corrected chi connectivity index (χ1v) is 5.86. The van der Waals surface area contributed by atoms with Crippen molar-refractivity contribution in [2.75, 3.05) is 0 Å². The van der Waals surface area contributed by atoms with Crippen LogP contribution in [0.5, 0.6) is 0 Å². The van der Waals surface area contributed by atoms with Gasteiger partial charge in [-0.2, -0.15) is 9.65 Å². The summed E-state index contributed by atoms with van der Waals surface area (Å²) >= 11 is 0.927. The van der Waals surface area contributed by atoms with Gasteiger partial charge in [0.1, 0.15) is 10.8 Å². The zero-order chi connectivity index (χ0) is 14.0. The van der Waals surface area contributed by atoms with Gasteiger partial charge in [-0.25, -0.2) is 9.37 Å². The Bertz CT molecular complexity index is 694. The highest BCUT2D eigenvalue weighted by molar-refractivity contribution is 7.13. The van der Waals surface area contributed by atoms with Gasteiger partial charge >= 0.3 is 5.69 Å². The topological polar surface area (TPSA) is 79.8 Å². The standard InChI is InChI=1S/C11H5F2N3O2S/c12-7-1-2-8(16(17)18)10(13)9(7)11-15-6(3-4-14)5-19-11/h1-2,5H,3H2. The van der Waals surface area contributed by atoms with Gasteiger partial charge in [-0.15, -0.1) is 11.3 Å². The van der Waals surface area contributed by atoms with E-state index in [2.05, 4.69) is 4.98 Å². The number of benzene rings is 1. The Morgan fingerprint density at radius 3 is 2.84 bits per heavy atom. The summed E-state index contributed by atoms with van der Waals surface area (Å²) in [7, 11) is 0. The summed E-state index contributed by atoms with van der Waals surface area (Å²) in [6.45, 7) is 0. The second-order valence-corrected chi connectivity index (χ2v) is 4.35. The van der Waals surface area contributed by atoms with Crippen molar-refractivity contribution in [1.82, 2.24) is 4.98 Å². The number of nitro groups is 1. The molecule has 0 radical (unpaired) electrons. The van der Waals surface area contributed by atoms with Crippen molar-refractivity contribution in [2.24, 2.45) is 0 Å². The van der Waals surface area contributed by atoms with Gasteiger partial charge in [0, 0.05) is 11.4 Å². The Hall–Kier alpha value is -2.40. The number of halogens is 2. The van der Waals surface area contributed by atoms with Crippen LogP contribution in [0.15, 0.2) is 17.5 Å². The number of hydrogen-bond acceptors (Lipinski definition) is 5. The summed E-state index contributed by atoms with van der Waals surface area (Å²) in [6, 6.07) is 3.44. The van der Waals surface area contributed by atoms with Crippen LogP contribution in [-0.2, 0) is 6.42 Å². The first-order valence-electron chi connectivity index (χ1n) is 4.98. The van der Waals surface area contributed by atoms with Crippen LogP contribution < -0.4 is 0 Å². The monoisotopic (exact) mass is 281 g/mol. The van der Waals surface area contributed by atoms with E-state index >= 15 is 0 Å². The maximum Gasteiger partial charge on any atom is 0.305 e. The van der Waals surface area contributed by atoms with Crippen molar-refractivity contribution < 1.29 is 13.7 Å². The van der Waals surface area contributed by atoms with Crippen molar-refractivity contribution in [3.05, 3.63) is 45.0 Å². The molecule has 19 heavy (non-hydrogen) atoms. The second-order valence-electron chi connectivity index (χ2n) is 3.49. The summed E-state index contributed by atoms with van der Waals surface area (Å²) in [5.41, 5.74) is -0.982. The molecule has 0 N–H and O–H groups in total. The quantitative estimate of drug-likeness (QED) is 0.639. The number of hydrogen-bond donors (Lipinski definition) is 0. The van der Waals surface area contributed by atoms with Gasteiger partial charge in [-0.05, 0) is 6.07 Å². The molecule has 96 valence electrons. The summed E-state index contributed by atoms with van der Waals surface area (Å²) in [4.78, 5) is 13.6. The van der Waals surface area contributed by atoms with Crippen LogP contribution in [0.4, 0.5) is 14.5 Å². The van der Waals surface area contributed by atoms with E-state index in [1.165, 1.54) is 5.38 Å². The third-order valence-electron chi connectivity index (χ3n) is 2.29. The molecule has 0 bridgehead atoms. The molecule has 0 aliphatic rings. The van der Waals surface area contributed by atoms with Crippen LogP contribution in [-0.4, -0.2) is 9.91 Å². The molecule has 1 aromatic carbocycles. The maximum absolute atomic E-state index is 13.9. The van der Waals surface area contributed by atoms with Crippen LogP contribution in [0.1, 0.15) is 5.69 Å². The Labute approximate surface area is 109 Å². The smallest absolute Gasteiger partial charge is 0.258 e. The third kappa shape index (κ3) is 2.41. The molecule has 0 atom stereocenters. The first kappa shape index (κ1) is 13.0. The van der Waals surface area contributed by atoms with E-state index in [4.69, 9.17) is 5.26 Å². The number of thiazole rings is 1. The van der Waals surface area contributed by atoms with Crippen LogP contribution in [0.25, 0.3) is 10.6 Å². The third-order valence-corrected chi connectivity index (χ3v) is 3.20. The lowest BCUT2D eigenvalue weighted by Gasteiger charge is -2.01. The summed E-state index contributed by atoms with van der Waals surface area (Å²) < 4.78 is 27.5. The molecule has 0 aliphatic carbocycles. The van der Waals surface area contributed by atoms with Crippen LogP contribution in [0, 0.1) is 33.1 Å². The molecule has 0 unspecified atom stereocenters. The molecule has 0 aliphatic heterocycles.